The Morgan fingerprint density at radius 3 is 2.68 bits per heavy atom. The molecule has 0 radical (unpaired) electrons. The average Bonchev–Trinajstić information content (AvgIpc) is 3.12. The third kappa shape index (κ3) is 6.40. The van der Waals surface area contributed by atoms with E-state index in [1.54, 1.807) is 20.1 Å². The van der Waals surface area contributed by atoms with Gasteiger partial charge in [-0.2, -0.15) is 8.78 Å². The number of hydrogen-bond acceptors (Lipinski definition) is 7. The molecule has 0 amide bonds. The van der Waals surface area contributed by atoms with Gasteiger partial charge in [-0.25, -0.2) is 13.4 Å². The fourth-order valence-corrected chi connectivity index (χ4v) is 4.07. The van der Waals surface area contributed by atoms with E-state index in [0.717, 1.165) is 0 Å². The molecule has 2 aromatic heterocycles. The van der Waals surface area contributed by atoms with Crippen molar-refractivity contribution >= 4 is 39.7 Å². The summed E-state index contributed by atoms with van der Waals surface area (Å²) in [4.78, 5) is 10.9. The molecule has 0 saturated carbocycles. The number of benzene rings is 1. The number of fused-ring (bicyclic) bond motifs is 1. The molecule has 3 aromatic rings. The second-order valence-corrected chi connectivity index (χ2v) is 8.34. The Morgan fingerprint density at radius 1 is 1.19 bits per heavy atom. The summed E-state index contributed by atoms with van der Waals surface area (Å²) in [6.45, 7) is -0.266. The summed E-state index contributed by atoms with van der Waals surface area (Å²) in [7, 11) is -2.27. The summed E-state index contributed by atoms with van der Waals surface area (Å²) in [5.41, 5.74) is 1.53. The van der Waals surface area contributed by atoms with Gasteiger partial charge in [-0.3, -0.25) is 4.98 Å². The van der Waals surface area contributed by atoms with Gasteiger partial charge in [0, 0.05) is 38.0 Å². The molecule has 0 aliphatic carbocycles. The molecule has 0 aliphatic heterocycles. The van der Waals surface area contributed by atoms with Gasteiger partial charge in [0.05, 0.1) is 23.3 Å². The number of pyridine rings is 1. The fraction of sp³-hybridized carbons (Fsp3) is 0.368. The molecule has 0 fully saturated rings. The number of methoxy groups -OCH3 is 1. The van der Waals surface area contributed by atoms with E-state index < -0.39 is 22.2 Å². The molecule has 31 heavy (non-hydrogen) atoms. The third-order valence-electron chi connectivity index (χ3n) is 4.29. The van der Waals surface area contributed by atoms with Crippen molar-refractivity contribution in [2.45, 2.75) is 30.9 Å². The van der Waals surface area contributed by atoms with Crippen molar-refractivity contribution in [1.29, 1.82) is 0 Å². The maximum atomic E-state index is 12.9. The molecule has 0 aliphatic rings. The molecule has 2 heterocycles. The van der Waals surface area contributed by atoms with Crippen LogP contribution in [0.3, 0.4) is 0 Å². The van der Waals surface area contributed by atoms with Crippen LogP contribution in [0.1, 0.15) is 17.7 Å². The number of aromatic amines is 1. The Labute approximate surface area is 190 Å². The standard InChI is InChI=1S/C19H21F2N3O5S.Li.H/c1-12-16(22-7-6-17(12)28-9-3-8-27-2)11-30(25,26)19-23-14-5-4-13(29-18(20)21)10-15(14)24-19;;/h4-7,10,18H,3,8-9,11H2,1-2H3,(H,23,24);;. The predicted octanol–water partition coefficient (Wildman–Crippen LogP) is 2.61. The van der Waals surface area contributed by atoms with Crippen LogP contribution in [0.5, 0.6) is 11.5 Å². The van der Waals surface area contributed by atoms with Crippen LogP contribution in [0.15, 0.2) is 35.6 Å². The van der Waals surface area contributed by atoms with Crippen LogP contribution < -0.4 is 9.47 Å². The number of alkyl halides is 2. The Bertz CT molecular complexity index is 1120. The average molecular weight is 449 g/mol. The number of rotatable bonds is 10. The first-order valence-electron chi connectivity index (χ1n) is 9.03. The van der Waals surface area contributed by atoms with E-state index in [-0.39, 0.29) is 35.3 Å². The summed E-state index contributed by atoms with van der Waals surface area (Å²) in [5.74, 6) is 0.0439. The molecular weight excluding hydrogens is 427 g/mol. The van der Waals surface area contributed by atoms with Crippen LogP contribution in [0.25, 0.3) is 11.0 Å². The number of hydrogen-bond donors (Lipinski definition) is 1. The summed E-state index contributed by atoms with van der Waals surface area (Å²) >= 11 is 0. The Balaban J connectivity index is 0.00000341. The third-order valence-corrected chi connectivity index (χ3v) is 5.72. The first-order valence-corrected chi connectivity index (χ1v) is 10.7. The number of H-pyrrole nitrogens is 1. The van der Waals surface area contributed by atoms with Gasteiger partial charge in [-0.1, -0.05) is 0 Å². The van der Waals surface area contributed by atoms with Gasteiger partial charge in [-0.15, -0.1) is 0 Å². The van der Waals surface area contributed by atoms with Crippen molar-refractivity contribution in [3.8, 4) is 11.5 Å². The molecular formula is C19H22F2LiN3O5S. The summed E-state index contributed by atoms with van der Waals surface area (Å²) in [6, 6.07) is 5.65. The van der Waals surface area contributed by atoms with Crippen molar-refractivity contribution in [2.75, 3.05) is 20.3 Å². The van der Waals surface area contributed by atoms with E-state index in [1.807, 2.05) is 0 Å². The summed E-state index contributed by atoms with van der Waals surface area (Å²) in [6.07, 6.45) is 2.18. The fourth-order valence-electron chi connectivity index (χ4n) is 2.78. The summed E-state index contributed by atoms with van der Waals surface area (Å²) in [5, 5.41) is -0.278. The normalized spacial score (nSPS) is 11.5. The number of sulfone groups is 1. The quantitative estimate of drug-likeness (QED) is 0.375. The number of imidazole rings is 1. The number of ether oxygens (including phenoxy) is 3. The van der Waals surface area contributed by atoms with E-state index in [1.165, 1.54) is 24.4 Å². The molecule has 1 N–H and O–H groups in total. The second kappa shape index (κ2) is 10.9. The Kier molecular flexibility index (Phi) is 8.82. The van der Waals surface area contributed by atoms with Crippen LogP contribution in [-0.4, -0.2) is 69.2 Å². The number of halogens is 2. The molecule has 0 saturated heterocycles. The van der Waals surface area contributed by atoms with Crippen molar-refractivity contribution in [2.24, 2.45) is 0 Å². The molecule has 8 nitrogen and oxygen atoms in total. The van der Waals surface area contributed by atoms with Crippen LogP contribution >= 0.6 is 0 Å². The van der Waals surface area contributed by atoms with Crippen LogP contribution in [-0.2, 0) is 20.3 Å². The molecule has 12 heteroatoms. The maximum absolute atomic E-state index is 12.9. The van der Waals surface area contributed by atoms with Crippen molar-refractivity contribution in [3.05, 3.63) is 41.7 Å². The van der Waals surface area contributed by atoms with Gasteiger partial charge in [0.15, 0.2) is 0 Å². The van der Waals surface area contributed by atoms with E-state index in [9.17, 15) is 17.2 Å². The zero-order valence-corrected chi connectivity index (χ0v) is 17.2. The van der Waals surface area contributed by atoms with Crippen molar-refractivity contribution in [1.82, 2.24) is 15.0 Å². The molecule has 0 unspecified atom stereocenters. The SMILES string of the molecule is COCCCOc1ccnc(CS(=O)(=O)c2nc3cc(OC(F)F)ccc3[nH]2)c1C.[LiH]. The number of aromatic nitrogens is 3. The first kappa shape index (κ1) is 25.1. The minimum atomic E-state index is -3.87. The molecule has 1 aromatic carbocycles. The molecule has 0 spiro atoms. The van der Waals surface area contributed by atoms with Crippen molar-refractivity contribution in [3.63, 3.8) is 0 Å². The van der Waals surface area contributed by atoms with Gasteiger partial charge in [0.2, 0.25) is 15.0 Å². The Morgan fingerprint density at radius 2 is 1.97 bits per heavy atom. The van der Waals surface area contributed by atoms with Gasteiger partial charge in [0.1, 0.15) is 17.3 Å². The van der Waals surface area contributed by atoms with E-state index in [0.29, 0.717) is 42.2 Å². The minimum absolute atomic E-state index is 0. The van der Waals surface area contributed by atoms with Crippen LogP contribution in [0, 0.1) is 6.92 Å². The van der Waals surface area contributed by atoms with E-state index in [4.69, 9.17) is 9.47 Å². The number of nitrogens with one attached hydrogen (secondary N) is 1. The zero-order valence-electron chi connectivity index (χ0n) is 16.4. The van der Waals surface area contributed by atoms with Gasteiger partial charge >= 0.3 is 25.5 Å². The van der Waals surface area contributed by atoms with Gasteiger partial charge in [-0.05, 0) is 25.1 Å². The van der Waals surface area contributed by atoms with Crippen LogP contribution in [0.4, 0.5) is 8.78 Å². The first-order chi connectivity index (χ1) is 14.3. The molecule has 0 bridgehead atoms. The molecule has 0 atom stereocenters. The molecule has 3 rings (SSSR count). The van der Waals surface area contributed by atoms with Crippen molar-refractivity contribution < 1.29 is 31.4 Å². The predicted molar refractivity (Wildman–Crippen MR) is 112 cm³/mol. The van der Waals surface area contributed by atoms with Gasteiger partial charge < -0.3 is 19.2 Å². The summed E-state index contributed by atoms with van der Waals surface area (Å²) < 4.78 is 65.4. The Hall–Kier alpha value is -2.19. The molecule has 164 valence electrons. The topological polar surface area (TPSA) is 103 Å². The monoisotopic (exact) mass is 449 g/mol. The van der Waals surface area contributed by atoms with Crippen LogP contribution in [0.2, 0.25) is 0 Å². The number of nitrogens with zero attached hydrogens (tertiary/aromatic N) is 2. The van der Waals surface area contributed by atoms with E-state index in [2.05, 4.69) is 19.7 Å². The zero-order chi connectivity index (χ0) is 21.7. The van der Waals surface area contributed by atoms with E-state index >= 15 is 0 Å². The second-order valence-electron chi connectivity index (χ2n) is 6.43. The van der Waals surface area contributed by atoms with Gasteiger partial charge in [0.25, 0.3) is 0 Å².